The lowest BCUT2D eigenvalue weighted by molar-refractivity contribution is -0.0915. The number of allylic oxidation sites excluding steroid dienone is 2. The van der Waals surface area contributed by atoms with Crippen molar-refractivity contribution in [2.45, 2.75) is 33.0 Å². The maximum atomic E-state index is 13.5. The van der Waals surface area contributed by atoms with Crippen LogP contribution >= 0.6 is 23.2 Å². The predicted molar refractivity (Wildman–Crippen MR) is 132 cm³/mol. The van der Waals surface area contributed by atoms with Gasteiger partial charge in [0.2, 0.25) is 0 Å². The molecule has 3 heterocycles. The summed E-state index contributed by atoms with van der Waals surface area (Å²) in [5, 5.41) is 5.29. The van der Waals surface area contributed by atoms with Gasteiger partial charge in [0.25, 0.3) is 11.8 Å². The molecule has 2 aromatic rings. The average molecular weight is 537 g/mol. The fourth-order valence-electron chi connectivity index (χ4n) is 4.24. The fourth-order valence-corrected chi connectivity index (χ4v) is 4.54. The van der Waals surface area contributed by atoms with Gasteiger partial charge >= 0.3 is 6.61 Å². The third-order valence-corrected chi connectivity index (χ3v) is 6.83. The van der Waals surface area contributed by atoms with E-state index >= 15 is 0 Å². The van der Waals surface area contributed by atoms with Crippen LogP contribution in [0.2, 0.25) is 10.0 Å². The smallest absolute Gasteiger partial charge is 0.387 e. The SMILES string of the molecule is C=C(/C=C\C(=C/C)CN1CCn2nc3c(c2C1=O)CN(C(=O)c1ccc(Cl)c(Cl)c1)CC3)OC(F)F. The van der Waals surface area contributed by atoms with Crippen molar-refractivity contribution in [3.05, 3.63) is 86.9 Å². The molecule has 11 heteroatoms. The second-order valence-electron chi connectivity index (χ2n) is 8.37. The maximum Gasteiger partial charge on any atom is 0.387 e. The number of hydrogen-bond acceptors (Lipinski definition) is 4. The summed E-state index contributed by atoms with van der Waals surface area (Å²) in [5.74, 6) is -0.575. The van der Waals surface area contributed by atoms with Gasteiger partial charge < -0.3 is 14.5 Å². The van der Waals surface area contributed by atoms with Crippen molar-refractivity contribution in [3.8, 4) is 0 Å². The van der Waals surface area contributed by atoms with Crippen molar-refractivity contribution in [1.29, 1.82) is 0 Å². The molecule has 2 amide bonds. The highest BCUT2D eigenvalue weighted by molar-refractivity contribution is 6.42. The lowest BCUT2D eigenvalue weighted by Gasteiger charge is -2.30. The Labute approximate surface area is 217 Å². The summed E-state index contributed by atoms with van der Waals surface area (Å²) in [4.78, 5) is 29.9. The highest BCUT2D eigenvalue weighted by Gasteiger charge is 2.35. The van der Waals surface area contributed by atoms with Crippen molar-refractivity contribution in [3.63, 3.8) is 0 Å². The first-order valence-electron chi connectivity index (χ1n) is 11.3. The Bertz CT molecular complexity index is 1270. The second kappa shape index (κ2) is 10.8. The topological polar surface area (TPSA) is 67.7 Å². The van der Waals surface area contributed by atoms with Crippen molar-refractivity contribution >= 4 is 35.0 Å². The molecular formula is C25H24Cl2F2N4O3. The Hall–Kier alpha value is -3.17. The number of nitrogens with zero attached hydrogens (tertiary/aromatic N) is 4. The van der Waals surface area contributed by atoms with Gasteiger partial charge in [0, 0.05) is 37.2 Å². The first kappa shape index (κ1) is 25.9. The molecule has 0 unspecified atom stereocenters. The van der Waals surface area contributed by atoms with Gasteiger partial charge in [-0.05, 0) is 36.8 Å². The van der Waals surface area contributed by atoms with Crippen LogP contribution in [0, 0.1) is 0 Å². The zero-order valence-corrected chi connectivity index (χ0v) is 21.0. The van der Waals surface area contributed by atoms with Gasteiger partial charge in [0.05, 0.1) is 28.8 Å². The van der Waals surface area contributed by atoms with Crippen LogP contribution in [0.4, 0.5) is 8.78 Å². The lowest BCUT2D eigenvalue weighted by Crippen LogP contribution is -2.42. The Morgan fingerprint density at radius 2 is 2.00 bits per heavy atom. The minimum absolute atomic E-state index is 0.173. The third kappa shape index (κ3) is 5.47. The minimum atomic E-state index is -2.95. The summed E-state index contributed by atoms with van der Waals surface area (Å²) in [6.45, 7) is 4.23. The van der Waals surface area contributed by atoms with E-state index in [2.05, 4.69) is 16.4 Å². The summed E-state index contributed by atoms with van der Waals surface area (Å²) < 4.78 is 30.6. The van der Waals surface area contributed by atoms with E-state index in [1.54, 1.807) is 45.7 Å². The molecule has 190 valence electrons. The van der Waals surface area contributed by atoms with Crippen molar-refractivity contribution in [2.24, 2.45) is 0 Å². The van der Waals surface area contributed by atoms with Crippen LogP contribution in [-0.2, 0) is 24.2 Å². The first-order chi connectivity index (χ1) is 17.2. The van der Waals surface area contributed by atoms with Gasteiger partial charge in [0.1, 0.15) is 11.5 Å². The van der Waals surface area contributed by atoms with Crippen molar-refractivity contribution in [1.82, 2.24) is 19.6 Å². The average Bonchev–Trinajstić information content (AvgIpc) is 3.22. The Balaban J connectivity index is 1.50. The van der Waals surface area contributed by atoms with Gasteiger partial charge in [-0.25, -0.2) is 0 Å². The van der Waals surface area contributed by atoms with Crippen LogP contribution < -0.4 is 0 Å². The summed E-state index contributed by atoms with van der Waals surface area (Å²) in [6, 6.07) is 4.74. The number of aromatic nitrogens is 2. The number of ether oxygens (including phenoxy) is 1. The Morgan fingerprint density at radius 1 is 1.22 bits per heavy atom. The van der Waals surface area contributed by atoms with E-state index in [4.69, 9.17) is 23.2 Å². The first-order valence-corrected chi connectivity index (χ1v) is 12.0. The number of benzene rings is 1. The van der Waals surface area contributed by atoms with Crippen molar-refractivity contribution < 1.29 is 23.1 Å². The highest BCUT2D eigenvalue weighted by Crippen LogP contribution is 2.29. The summed E-state index contributed by atoms with van der Waals surface area (Å²) in [5.41, 5.74) is 3.17. The number of halogens is 4. The van der Waals surface area contributed by atoms with E-state index in [9.17, 15) is 18.4 Å². The summed E-state index contributed by atoms with van der Waals surface area (Å²) >= 11 is 12.1. The molecule has 2 aliphatic heterocycles. The molecule has 36 heavy (non-hydrogen) atoms. The Kier molecular flexibility index (Phi) is 7.80. The molecule has 0 saturated heterocycles. The molecule has 0 fully saturated rings. The highest BCUT2D eigenvalue weighted by atomic mass is 35.5. The predicted octanol–water partition coefficient (Wildman–Crippen LogP) is 5.10. The normalized spacial score (nSPS) is 15.9. The summed E-state index contributed by atoms with van der Waals surface area (Å²) in [7, 11) is 0. The zero-order chi connectivity index (χ0) is 26.0. The molecule has 0 spiro atoms. The van der Waals surface area contributed by atoms with E-state index in [-0.39, 0.29) is 30.7 Å². The van der Waals surface area contributed by atoms with Crippen molar-refractivity contribution in [2.75, 3.05) is 19.6 Å². The van der Waals surface area contributed by atoms with Gasteiger partial charge in [-0.3, -0.25) is 14.3 Å². The molecular weight excluding hydrogens is 513 g/mol. The molecule has 0 bridgehead atoms. The molecule has 0 radical (unpaired) electrons. The Morgan fingerprint density at radius 3 is 2.69 bits per heavy atom. The second-order valence-corrected chi connectivity index (χ2v) is 9.19. The molecule has 1 aromatic heterocycles. The van der Waals surface area contributed by atoms with E-state index < -0.39 is 6.61 Å². The number of hydrogen-bond donors (Lipinski definition) is 0. The monoisotopic (exact) mass is 536 g/mol. The van der Waals surface area contributed by atoms with Gasteiger partial charge in [-0.1, -0.05) is 41.9 Å². The number of rotatable bonds is 7. The number of fused-ring (bicyclic) bond motifs is 3. The maximum absolute atomic E-state index is 13.5. The number of carbonyl (C=O) groups is 2. The van der Waals surface area contributed by atoms with Gasteiger partial charge in [-0.15, -0.1) is 0 Å². The quantitative estimate of drug-likeness (QED) is 0.364. The minimum Gasteiger partial charge on any atom is -0.435 e. The largest absolute Gasteiger partial charge is 0.435 e. The molecule has 1 aromatic carbocycles. The van der Waals surface area contributed by atoms with Crippen LogP contribution in [0.1, 0.15) is 39.0 Å². The van der Waals surface area contributed by atoms with Gasteiger partial charge in [-0.2, -0.15) is 13.9 Å². The van der Waals surface area contributed by atoms with E-state index in [1.807, 2.05) is 0 Å². The van der Waals surface area contributed by atoms with Crippen LogP contribution in [0.5, 0.6) is 0 Å². The number of carbonyl (C=O) groups excluding carboxylic acids is 2. The summed E-state index contributed by atoms with van der Waals surface area (Å²) in [6.07, 6.45) is 5.26. The molecule has 7 nitrogen and oxygen atoms in total. The van der Waals surface area contributed by atoms with E-state index in [1.165, 1.54) is 12.1 Å². The third-order valence-electron chi connectivity index (χ3n) is 6.09. The van der Waals surface area contributed by atoms with E-state index in [0.717, 1.165) is 16.8 Å². The number of amides is 2. The molecule has 0 aliphatic carbocycles. The van der Waals surface area contributed by atoms with Gasteiger partial charge in [0.15, 0.2) is 0 Å². The molecule has 2 aliphatic rings. The van der Waals surface area contributed by atoms with Crippen LogP contribution in [-0.4, -0.2) is 57.6 Å². The molecule has 4 rings (SSSR count). The lowest BCUT2D eigenvalue weighted by atomic mass is 10.0. The molecule has 0 saturated carbocycles. The number of alkyl halides is 2. The fraction of sp³-hybridized carbons (Fsp3) is 0.320. The standard InChI is InChI=1S/C25H24Cl2F2N4O3/c1-3-16(5-4-15(2)36-25(28)29)13-32-10-11-33-22(24(32)35)18-14-31(9-8-21(18)30-33)23(34)17-6-7-19(26)20(27)12-17/h3-7,12,25H,2,8-11,13-14H2,1H3/b5-4-,16-3+. The van der Waals surface area contributed by atoms with E-state index in [0.29, 0.717) is 47.4 Å². The van der Waals surface area contributed by atoms with Crippen LogP contribution in [0.3, 0.4) is 0 Å². The molecule has 0 N–H and O–H groups in total. The molecule has 0 atom stereocenters. The zero-order valence-electron chi connectivity index (χ0n) is 19.5. The van der Waals surface area contributed by atoms with Crippen LogP contribution in [0.25, 0.3) is 0 Å². The van der Waals surface area contributed by atoms with Crippen LogP contribution in [0.15, 0.2) is 54.3 Å².